The molecule has 8 heteroatoms. The zero-order chi connectivity index (χ0) is 21.3. The zero-order valence-electron chi connectivity index (χ0n) is 16.6. The predicted octanol–water partition coefficient (Wildman–Crippen LogP) is 2.79. The van der Waals surface area contributed by atoms with Crippen LogP contribution in [-0.4, -0.2) is 41.5 Å². The first-order valence-corrected chi connectivity index (χ1v) is 9.39. The minimum atomic E-state index is -0.458. The maximum absolute atomic E-state index is 14.1. The lowest BCUT2D eigenvalue weighted by atomic mass is 10.0. The second-order valence-electron chi connectivity index (χ2n) is 6.90. The number of fused-ring (bicyclic) bond motifs is 1. The van der Waals surface area contributed by atoms with E-state index in [0.29, 0.717) is 41.3 Å². The lowest BCUT2D eigenvalue weighted by Crippen LogP contribution is -2.39. The quantitative estimate of drug-likeness (QED) is 0.716. The molecule has 3 aromatic rings. The van der Waals surface area contributed by atoms with Crippen LogP contribution in [0.2, 0.25) is 0 Å². The molecule has 4 rings (SSSR count). The number of amides is 1. The number of methoxy groups -OCH3 is 2. The van der Waals surface area contributed by atoms with Gasteiger partial charge in [0.05, 0.1) is 37.6 Å². The zero-order valence-corrected chi connectivity index (χ0v) is 16.6. The molecule has 0 fully saturated rings. The molecule has 0 atom stereocenters. The molecular weight excluding hydrogens is 389 g/mol. The minimum Gasteiger partial charge on any atom is -0.497 e. The third kappa shape index (κ3) is 3.63. The van der Waals surface area contributed by atoms with E-state index in [-0.39, 0.29) is 29.4 Å². The van der Waals surface area contributed by atoms with Gasteiger partial charge in [0.25, 0.3) is 11.5 Å². The van der Waals surface area contributed by atoms with Crippen molar-refractivity contribution < 1.29 is 18.7 Å². The van der Waals surface area contributed by atoms with E-state index < -0.39 is 5.82 Å². The van der Waals surface area contributed by atoms with Crippen molar-refractivity contribution in [3.8, 4) is 22.9 Å². The Morgan fingerprint density at radius 2 is 1.83 bits per heavy atom. The number of carbonyl (C=O) groups excluding carboxylic acids is 1. The van der Waals surface area contributed by atoms with E-state index in [2.05, 4.69) is 9.97 Å². The maximum atomic E-state index is 14.1. The van der Waals surface area contributed by atoms with Crippen molar-refractivity contribution in [2.24, 2.45) is 0 Å². The van der Waals surface area contributed by atoms with Crippen molar-refractivity contribution in [3.63, 3.8) is 0 Å². The number of nitrogens with zero attached hydrogens (tertiary/aromatic N) is 2. The number of hydrogen-bond donors (Lipinski definition) is 1. The van der Waals surface area contributed by atoms with Crippen molar-refractivity contribution in [2.45, 2.75) is 13.0 Å². The molecule has 0 radical (unpaired) electrons. The topological polar surface area (TPSA) is 84.5 Å². The number of H-pyrrole nitrogens is 1. The molecule has 0 aliphatic carbocycles. The van der Waals surface area contributed by atoms with Crippen LogP contribution in [0.1, 0.15) is 21.6 Å². The van der Waals surface area contributed by atoms with Crippen LogP contribution in [0.5, 0.6) is 11.5 Å². The molecule has 30 heavy (non-hydrogen) atoms. The van der Waals surface area contributed by atoms with Crippen LogP contribution in [-0.2, 0) is 13.0 Å². The van der Waals surface area contributed by atoms with Gasteiger partial charge in [0, 0.05) is 24.6 Å². The van der Waals surface area contributed by atoms with Crippen LogP contribution in [0.3, 0.4) is 0 Å². The molecule has 0 spiro atoms. The van der Waals surface area contributed by atoms with Gasteiger partial charge in [-0.1, -0.05) is 12.1 Å². The number of aromatic nitrogens is 2. The second-order valence-corrected chi connectivity index (χ2v) is 6.90. The average molecular weight is 409 g/mol. The van der Waals surface area contributed by atoms with Crippen molar-refractivity contribution >= 4 is 5.91 Å². The summed E-state index contributed by atoms with van der Waals surface area (Å²) in [6.45, 7) is 0.506. The standard InChI is InChI=1S/C22H20FN3O4/c1-29-14-9-13(10-15(11-14)30-2)22(28)26-8-7-19-17(12-26)21(27)25-20(24-19)16-5-3-4-6-18(16)23/h3-6,9-11H,7-8,12H2,1-2H3,(H,24,25,27). The number of carbonyl (C=O) groups is 1. The fraction of sp³-hybridized carbons (Fsp3) is 0.227. The highest BCUT2D eigenvalue weighted by Gasteiger charge is 2.26. The van der Waals surface area contributed by atoms with Crippen LogP contribution in [0, 0.1) is 5.82 Å². The van der Waals surface area contributed by atoms with E-state index >= 15 is 0 Å². The van der Waals surface area contributed by atoms with Gasteiger partial charge in [-0.3, -0.25) is 9.59 Å². The molecule has 0 saturated carbocycles. The number of benzene rings is 2. The Balaban J connectivity index is 1.64. The molecule has 7 nitrogen and oxygen atoms in total. The summed E-state index contributed by atoms with van der Waals surface area (Å²) in [5.74, 6) is 0.498. The molecule has 0 bridgehead atoms. The van der Waals surface area contributed by atoms with Crippen molar-refractivity contribution in [1.82, 2.24) is 14.9 Å². The Morgan fingerprint density at radius 3 is 2.50 bits per heavy atom. The molecule has 1 aromatic heterocycles. The first kappa shape index (κ1) is 19.6. The minimum absolute atomic E-state index is 0.119. The highest BCUT2D eigenvalue weighted by Crippen LogP contribution is 2.26. The van der Waals surface area contributed by atoms with Crippen LogP contribution >= 0.6 is 0 Å². The fourth-order valence-corrected chi connectivity index (χ4v) is 3.49. The first-order valence-electron chi connectivity index (χ1n) is 9.39. The van der Waals surface area contributed by atoms with Crippen molar-refractivity contribution in [2.75, 3.05) is 20.8 Å². The van der Waals surface area contributed by atoms with Gasteiger partial charge in [-0.15, -0.1) is 0 Å². The first-order chi connectivity index (χ1) is 14.5. The largest absolute Gasteiger partial charge is 0.497 e. The Labute approximate surface area is 172 Å². The molecule has 1 N–H and O–H groups in total. The number of ether oxygens (including phenoxy) is 2. The Kier molecular flexibility index (Phi) is 5.22. The van der Waals surface area contributed by atoms with E-state index in [1.807, 2.05) is 0 Å². The van der Waals surface area contributed by atoms with E-state index in [9.17, 15) is 14.0 Å². The summed E-state index contributed by atoms with van der Waals surface area (Å²) >= 11 is 0. The van der Waals surface area contributed by atoms with Gasteiger partial charge in [0.1, 0.15) is 23.1 Å². The second kappa shape index (κ2) is 7.98. The summed E-state index contributed by atoms with van der Waals surface area (Å²) in [5.41, 5.74) is 1.24. The smallest absolute Gasteiger partial charge is 0.256 e. The summed E-state index contributed by atoms with van der Waals surface area (Å²) in [7, 11) is 3.02. The number of aromatic amines is 1. The molecule has 1 amide bonds. The van der Waals surface area contributed by atoms with E-state index in [0.717, 1.165) is 0 Å². The maximum Gasteiger partial charge on any atom is 0.256 e. The lowest BCUT2D eigenvalue weighted by molar-refractivity contribution is 0.0732. The van der Waals surface area contributed by atoms with Crippen LogP contribution in [0.25, 0.3) is 11.4 Å². The van der Waals surface area contributed by atoms with Crippen LogP contribution in [0.4, 0.5) is 4.39 Å². The van der Waals surface area contributed by atoms with Gasteiger partial charge in [0.15, 0.2) is 0 Å². The number of rotatable bonds is 4. The summed E-state index contributed by atoms with van der Waals surface area (Å²) in [6.07, 6.45) is 0.396. The SMILES string of the molecule is COc1cc(OC)cc(C(=O)N2CCc3nc(-c4ccccc4F)[nH]c(=O)c3C2)c1. The number of halogens is 1. The predicted molar refractivity (Wildman–Crippen MR) is 108 cm³/mol. The van der Waals surface area contributed by atoms with Crippen molar-refractivity contribution in [3.05, 3.63) is 75.5 Å². The third-order valence-electron chi connectivity index (χ3n) is 5.08. The van der Waals surface area contributed by atoms with Gasteiger partial charge >= 0.3 is 0 Å². The van der Waals surface area contributed by atoms with Gasteiger partial charge in [-0.2, -0.15) is 0 Å². The van der Waals surface area contributed by atoms with Crippen LogP contribution < -0.4 is 15.0 Å². The molecule has 2 heterocycles. The highest BCUT2D eigenvalue weighted by molar-refractivity contribution is 5.95. The monoisotopic (exact) mass is 409 g/mol. The molecule has 2 aromatic carbocycles. The molecule has 1 aliphatic heterocycles. The van der Waals surface area contributed by atoms with Gasteiger partial charge in [-0.25, -0.2) is 9.37 Å². The molecule has 0 unspecified atom stereocenters. The van der Waals surface area contributed by atoms with Crippen molar-refractivity contribution in [1.29, 1.82) is 0 Å². The van der Waals surface area contributed by atoms with Crippen LogP contribution in [0.15, 0.2) is 47.3 Å². The molecule has 1 aliphatic rings. The lowest BCUT2D eigenvalue weighted by Gasteiger charge is -2.28. The normalized spacial score (nSPS) is 13.0. The summed E-state index contributed by atoms with van der Waals surface area (Å²) < 4.78 is 24.5. The number of nitrogens with one attached hydrogen (secondary N) is 1. The third-order valence-corrected chi connectivity index (χ3v) is 5.08. The number of hydrogen-bond acceptors (Lipinski definition) is 5. The molecule has 0 saturated heterocycles. The highest BCUT2D eigenvalue weighted by atomic mass is 19.1. The summed E-state index contributed by atoms with van der Waals surface area (Å²) in [6, 6.07) is 11.1. The molecule has 154 valence electrons. The van der Waals surface area contributed by atoms with Gasteiger partial charge in [0.2, 0.25) is 0 Å². The Morgan fingerprint density at radius 1 is 1.13 bits per heavy atom. The fourth-order valence-electron chi connectivity index (χ4n) is 3.49. The molecular formula is C22H20FN3O4. The summed E-state index contributed by atoms with van der Waals surface area (Å²) in [4.78, 5) is 34.4. The summed E-state index contributed by atoms with van der Waals surface area (Å²) in [5, 5.41) is 0. The van der Waals surface area contributed by atoms with E-state index in [4.69, 9.17) is 9.47 Å². The van der Waals surface area contributed by atoms with Gasteiger partial charge in [-0.05, 0) is 24.3 Å². The van der Waals surface area contributed by atoms with E-state index in [1.54, 1.807) is 41.3 Å². The van der Waals surface area contributed by atoms with Gasteiger partial charge < -0.3 is 19.4 Å². The van der Waals surface area contributed by atoms with E-state index in [1.165, 1.54) is 20.3 Å². The average Bonchev–Trinajstić information content (AvgIpc) is 2.78. The Bertz CT molecular complexity index is 1150. The Hall–Kier alpha value is -3.68.